The highest BCUT2D eigenvalue weighted by atomic mass is 32.2. The van der Waals surface area contributed by atoms with Crippen molar-refractivity contribution >= 4 is 23.7 Å². The van der Waals surface area contributed by atoms with Crippen LogP contribution in [0.1, 0.15) is 31.2 Å². The Morgan fingerprint density at radius 2 is 2.17 bits per heavy atom. The van der Waals surface area contributed by atoms with Crippen molar-refractivity contribution in [3.8, 4) is 0 Å². The minimum absolute atomic E-state index is 0.0208. The quantitative estimate of drug-likeness (QED) is 0.788. The van der Waals surface area contributed by atoms with Gasteiger partial charge in [0.15, 0.2) is 0 Å². The van der Waals surface area contributed by atoms with E-state index in [1.54, 1.807) is 30.8 Å². The molecule has 134 valence electrons. The Labute approximate surface area is 147 Å². The Morgan fingerprint density at radius 1 is 1.38 bits per heavy atom. The van der Waals surface area contributed by atoms with Crippen molar-refractivity contribution in [2.45, 2.75) is 39.4 Å². The molecule has 24 heavy (non-hydrogen) atoms. The molecule has 0 aliphatic carbocycles. The number of fused-ring (bicyclic) bond motifs is 1. The first-order valence-electron chi connectivity index (χ1n) is 8.37. The van der Waals surface area contributed by atoms with Crippen LogP contribution in [0.3, 0.4) is 0 Å². The number of urea groups is 1. The summed E-state index contributed by atoms with van der Waals surface area (Å²) in [5.41, 5.74) is 1.87. The van der Waals surface area contributed by atoms with Crippen molar-refractivity contribution in [2.75, 3.05) is 32.1 Å². The van der Waals surface area contributed by atoms with Gasteiger partial charge in [0.1, 0.15) is 0 Å². The van der Waals surface area contributed by atoms with Gasteiger partial charge in [-0.2, -0.15) is 16.9 Å². The molecule has 0 atom stereocenters. The molecule has 2 heterocycles. The number of thioether (sulfide) groups is 1. The van der Waals surface area contributed by atoms with Gasteiger partial charge >= 0.3 is 6.03 Å². The first kappa shape index (κ1) is 18.6. The predicted molar refractivity (Wildman–Crippen MR) is 95.8 cm³/mol. The van der Waals surface area contributed by atoms with Crippen LogP contribution in [0.5, 0.6) is 0 Å². The van der Waals surface area contributed by atoms with Crippen molar-refractivity contribution in [1.29, 1.82) is 0 Å². The van der Waals surface area contributed by atoms with Gasteiger partial charge in [-0.15, -0.1) is 0 Å². The Bertz CT molecular complexity index is 573. The molecule has 0 bridgehead atoms. The van der Waals surface area contributed by atoms with Crippen LogP contribution >= 0.6 is 11.8 Å². The normalized spacial score (nSPS) is 14.0. The second kappa shape index (κ2) is 8.96. The fourth-order valence-corrected chi connectivity index (χ4v) is 3.32. The molecule has 1 aromatic rings. The van der Waals surface area contributed by atoms with E-state index in [1.807, 2.05) is 15.6 Å². The van der Waals surface area contributed by atoms with Gasteiger partial charge in [-0.3, -0.25) is 9.48 Å². The Balaban J connectivity index is 1.91. The standard InChI is InChI=1S/C16H27N5O2S/c1-4-8-24-12-15(22)17-10-13-9-14-11-20(16(23)19(2)3)6-5-7-21(14)18-13/h9H,4-8,10-12H2,1-3H3,(H,17,22). The van der Waals surface area contributed by atoms with Crippen LogP contribution in [0.2, 0.25) is 0 Å². The highest BCUT2D eigenvalue weighted by molar-refractivity contribution is 7.99. The van der Waals surface area contributed by atoms with Gasteiger partial charge in [-0.05, 0) is 24.7 Å². The number of aryl methyl sites for hydroxylation is 1. The molecule has 0 fully saturated rings. The van der Waals surface area contributed by atoms with Crippen LogP contribution in [0, 0.1) is 0 Å². The van der Waals surface area contributed by atoms with Gasteiger partial charge in [0, 0.05) is 27.2 Å². The fraction of sp³-hybridized carbons (Fsp3) is 0.688. The zero-order chi connectivity index (χ0) is 17.5. The van der Waals surface area contributed by atoms with Gasteiger partial charge in [0.25, 0.3) is 0 Å². The molecule has 0 spiro atoms. The fourth-order valence-electron chi connectivity index (χ4n) is 2.60. The number of amides is 3. The number of carbonyl (C=O) groups is 2. The highest BCUT2D eigenvalue weighted by Crippen LogP contribution is 2.15. The third-order valence-electron chi connectivity index (χ3n) is 3.77. The molecule has 0 radical (unpaired) electrons. The monoisotopic (exact) mass is 353 g/mol. The number of hydrogen-bond acceptors (Lipinski definition) is 4. The van der Waals surface area contributed by atoms with Crippen LogP contribution in [-0.2, 0) is 24.4 Å². The average Bonchev–Trinajstić information content (AvgIpc) is 2.83. The van der Waals surface area contributed by atoms with Gasteiger partial charge in [-0.25, -0.2) is 4.79 Å². The molecular formula is C16H27N5O2S. The molecule has 0 aromatic carbocycles. The first-order chi connectivity index (χ1) is 11.5. The lowest BCUT2D eigenvalue weighted by atomic mass is 10.3. The Kier molecular flexibility index (Phi) is 6.96. The van der Waals surface area contributed by atoms with E-state index >= 15 is 0 Å². The summed E-state index contributed by atoms with van der Waals surface area (Å²) < 4.78 is 1.95. The van der Waals surface area contributed by atoms with E-state index in [0.29, 0.717) is 18.8 Å². The molecule has 1 aliphatic rings. The molecule has 0 unspecified atom stereocenters. The van der Waals surface area contributed by atoms with E-state index in [-0.39, 0.29) is 11.9 Å². The van der Waals surface area contributed by atoms with Crippen molar-refractivity contribution < 1.29 is 9.59 Å². The molecule has 8 heteroatoms. The zero-order valence-electron chi connectivity index (χ0n) is 14.7. The summed E-state index contributed by atoms with van der Waals surface area (Å²) in [6, 6.07) is 2.01. The number of carbonyl (C=O) groups excluding carboxylic acids is 2. The number of aromatic nitrogens is 2. The van der Waals surface area contributed by atoms with Crippen LogP contribution < -0.4 is 5.32 Å². The maximum Gasteiger partial charge on any atom is 0.319 e. The van der Waals surface area contributed by atoms with Crippen LogP contribution in [0.25, 0.3) is 0 Å². The molecule has 2 rings (SSSR count). The van der Waals surface area contributed by atoms with E-state index in [4.69, 9.17) is 0 Å². The third-order valence-corrected chi connectivity index (χ3v) is 4.93. The number of rotatable bonds is 6. The topological polar surface area (TPSA) is 70.5 Å². The van der Waals surface area contributed by atoms with Gasteiger partial charge in [0.2, 0.25) is 5.91 Å². The second-order valence-electron chi connectivity index (χ2n) is 6.13. The first-order valence-corrected chi connectivity index (χ1v) is 9.53. The number of nitrogens with one attached hydrogen (secondary N) is 1. The predicted octanol–water partition coefficient (Wildman–Crippen LogP) is 1.53. The molecule has 0 saturated heterocycles. The van der Waals surface area contributed by atoms with E-state index < -0.39 is 0 Å². The summed E-state index contributed by atoms with van der Waals surface area (Å²) in [5, 5.41) is 7.47. The van der Waals surface area contributed by atoms with E-state index in [2.05, 4.69) is 17.3 Å². The second-order valence-corrected chi connectivity index (χ2v) is 7.24. The van der Waals surface area contributed by atoms with Crippen LogP contribution in [-0.4, -0.2) is 63.7 Å². The largest absolute Gasteiger partial charge is 0.350 e. The van der Waals surface area contributed by atoms with Crippen molar-refractivity contribution in [1.82, 2.24) is 24.9 Å². The van der Waals surface area contributed by atoms with E-state index in [1.165, 1.54) is 0 Å². The summed E-state index contributed by atoms with van der Waals surface area (Å²) in [6.45, 7) is 4.64. The lowest BCUT2D eigenvalue weighted by Crippen LogP contribution is -2.38. The summed E-state index contributed by atoms with van der Waals surface area (Å²) in [4.78, 5) is 27.4. The SMILES string of the molecule is CCCSCC(=O)NCc1cc2n(n1)CCCN(C(=O)N(C)C)C2. The van der Waals surface area contributed by atoms with Crippen molar-refractivity contribution in [2.24, 2.45) is 0 Å². The summed E-state index contributed by atoms with van der Waals surface area (Å²) in [5.74, 6) is 1.54. The Hall–Kier alpha value is -1.70. The molecule has 7 nitrogen and oxygen atoms in total. The number of hydrogen-bond donors (Lipinski definition) is 1. The van der Waals surface area contributed by atoms with E-state index in [9.17, 15) is 9.59 Å². The summed E-state index contributed by atoms with van der Waals surface area (Å²) in [7, 11) is 3.53. The summed E-state index contributed by atoms with van der Waals surface area (Å²) in [6.07, 6.45) is 1.96. The minimum atomic E-state index is 0.0208. The molecular weight excluding hydrogens is 326 g/mol. The maximum absolute atomic E-state index is 12.2. The minimum Gasteiger partial charge on any atom is -0.350 e. The van der Waals surface area contributed by atoms with Crippen molar-refractivity contribution in [3.63, 3.8) is 0 Å². The maximum atomic E-state index is 12.2. The molecule has 1 aliphatic heterocycles. The van der Waals surface area contributed by atoms with Crippen LogP contribution in [0.15, 0.2) is 6.07 Å². The molecule has 0 saturated carbocycles. The summed E-state index contributed by atoms with van der Waals surface area (Å²) >= 11 is 1.65. The van der Waals surface area contributed by atoms with Gasteiger partial charge in [0.05, 0.1) is 30.2 Å². The Morgan fingerprint density at radius 3 is 2.88 bits per heavy atom. The highest BCUT2D eigenvalue weighted by Gasteiger charge is 2.21. The van der Waals surface area contributed by atoms with Gasteiger partial charge in [-0.1, -0.05) is 6.92 Å². The van der Waals surface area contributed by atoms with E-state index in [0.717, 1.165) is 43.1 Å². The smallest absolute Gasteiger partial charge is 0.319 e. The lowest BCUT2D eigenvalue weighted by Gasteiger charge is -2.23. The molecule has 1 aromatic heterocycles. The average molecular weight is 353 g/mol. The van der Waals surface area contributed by atoms with Gasteiger partial charge < -0.3 is 15.1 Å². The molecule has 3 amide bonds. The zero-order valence-corrected chi connectivity index (χ0v) is 15.6. The van der Waals surface area contributed by atoms with Crippen LogP contribution in [0.4, 0.5) is 4.79 Å². The van der Waals surface area contributed by atoms with Crippen molar-refractivity contribution in [3.05, 3.63) is 17.5 Å². The number of nitrogens with zero attached hydrogens (tertiary/aromatic N) is 4. The third kappa shape index (κ3) is 5.15. The molecule has 1 N–H and O–H groups in total. The lowest BCUT2D eigenvalue weighted by molar-refractivity contribution is -0.118.